The molecule has 16 heavy (non-hydrogen) atoms. The highest BCUT2D eigenvalue weighted by atomic mass is 35.5. The minimum absolute atomic E-state index is 0.699. The highest BCUT2D eigenvalue weighted by Crippen LogP contribution is 2.23. The van der Waals surface area contributed by atoms with Crippen molar-refractivity contribution in [1.82, 2.24) is 0 Å². The van der Waals surface area contributed by atoms with E-state index in [4.69, 9.17) is 11.6 Å². The SMILES string of the molecule is Cc1cc(C=O)cc(-c2ccc(Cl)cc2)c1. The zero-order valence-electron chi connectivity index (χ0n) is 8.91. The number of hydrogen-bond acceptors (Lipinski definition) is 1. The average molecular weight is 231 g/mol. The van der Waals surface area contributed by atoms with E-state index in [1.165, 1.54) is 0 Å². The summed E-state index contributed by atoms with van der Waals surface area (Å²) >= 11 is 5.83. The molecule has 0 aliphatic heterocycles. The van der Waals surface area contributed by atoms with Crippen LogP contribution < -0.4 is 0 Å². The maximum absolute atomic E-state index is 10.8. The van der Waals surface area contributed by atoms with Gasteiger partial charge in [-0.1, -0.05) is 29.8 Å². The fourth-order valence-corrected chi connectivity index (χ4v) is 1.82. The Labute approximate surface area is 99.7 Å². The number of benzene rings is 2. The van der Waals surface area contributed by atoms with Crippen LogP contribution in [0.5, 0.6) is 0 Å². The monoisotopic (exact) mass is 230 g/mol. The number of aryl methyl sites for hydroxylation is 1. The second kappa shape index (κ2) is 4.50. The first kappa shape index (κ1) is 10.9. The molecule has 0 unspecified atom stereocenters. The van der Waals surface area contributed by atoms with Crippen LogP contribution in [0.1, 0.15) is 15.9 Å². The van der Waals surface area contributed by atoms with Gasteiger partial charge in [-0.2, -0.15) is 0 Å². The maximum atomic E-state index is 10.8. The Morgan fingerprint density at radius 1 is 1.00 bits per heavy atom. The van der Waals surface area contributed by atoms with Crippen LogP contribution in [0, 0.1) is 6.92 Å². The maximum Gasteiger partial charge on any atom is 0.150 e. The molecule has 0 radical (unpaired) electrons. The normalized spacial score (nSPS) is 10.1. The number of aldehydes is 1. The Bertz CT molecular complexity index is 515. The molecule has 0 bridgehead atoms. The molecule has 0 atom stereocenters. The lowest BCUT2D eigenvalue weighted by atomic mass is 10.0. The molecule has 0 aromatic heterocycles. The van der Waals surface area contributed by atoms with E-state index in [1.807, 2.05) is 43.3 Å². The van der Waals surface area contributed by atoms with Crippen molar-refractivity contribution in [2.45, 2.75) is 6.92 Å². The summed E-state index contributed by atoms with van der Waals surface area (Å²) in [4.78, 5) is 10.8. The molecule has 0 aliphatic rings. The van der Waals surface area contributed by atoms with Crippen molar-refractivity contribution in [3.63, 3.8) is 0 Å². The molecular formula is C14H11ClO. The Morgan fingerprint density at radius 3 is 2.31 bits per heavy atom. The molecule has 80 valence electrons. The van der Waals surface area contributed by atoms with E-state index >= 15 is 0 Å². The summed E-state index contributed by atoms with van der Waals surface area (Å²) in [5.74, 6) is 0. The van der Waals surface area contributed by atoms with Gasteiger partial charge in [0.25, 0.3) is 0 Å². The van der Waals surface area contributed by atoms with Crippen molar-refractivity contribution in [3.05, 3.63) is 58.6 Å². The first-order valence-electron chi connectivity index (χ1n) is 5.02. The average Bonchev–Trinajstić information content (AvgIpc) is 2.29. The van der Waals surface area contributed by atoms with Gasteiger partial charge in [0.05, 0.1) is 0 Å². The topological polar surface area (TPSA) is 17.1 Å². The van der Waals surface area contributed by atoms with Crippen LogP contribution in [0.25, 0.3) is 11.1 Å². The molecular weight excluding hydrogens is 220 g/mol. The molecule has 0 amide bonds. The molecule has 0 saturated heterocycles. The molecule has 0 saturated carbocycles. The van der Waals surface area contributed by atoms with Gasteiger partial charge in [0.1, 0.15) is 6.29 Å². The zero-order valence-corrected chi connectivity index (χ0v) is 9.66. The smallest absolute Gasteiger partial charge is 0.150 e. The van der Waals surface area contributed by atoms with E-state index in [0.717, 1.165) is 23.0 Å². The highest BCUT2D eigenvalue weighted by molar-refractivity contribution is 6.30. The summed E-state index contributed by atoms with van der Waals surface area (Å²) in [5.41, 5.74) is 3.88. The number of hydrogen-bond donors (Lipinski definition) is 0. The van der Waals surface area contributed by atoms with Gasteiger partial charge in [0.2, 0.25) is 0 Å². The Kier molecular flexibility index (Phi) is 3.07. The first-order chi connectivity index (χ1) is 7.69. The van der Waals surface area contributed by atoms with Crippen LogP contribution in [0.15, 0.2) is 42.5 Å². The van der Waals surface area contributed by atoms with Crippen LogP contribution in [-0.2, 0) is 0 Å². The van der Waals surface area contributed by atoms with Crippen LogP contribution in [-0.4, -0.2) is 6.29 Å². The van der Waals surface area contributed by atoms with Gasteiger partial charge in [0.15, 0.2) is 0 Å². The molecule has 2 aromatic rings. The van der Waals surface area contributed by atoms with Gasteiger partial charge < -0.3 is 0 Å². The van der Waals surface area contributed by atoms with Gasteiger partial charge in [0, 0.05) is 10.6 Å². The van der Waals surface area contributed by atoms with Gasteiger partial charge in [-0.15, -0.1) is 0 Å². The quantitative estimate of drug-likeness (QED) is 0.709. The minimum Gasteiger partial charge on any atom is -0.298 e. The van der Waals surface area contributed by atoms with Gasteiger partial charge in [-0.25, -0.2) is 0 Å². The second-order valence-corrected chi connectivity index (χ2v) is 4.19. The number of carbonyl (C=O) groups excluding carboxylic acids is 1. The number of rotatable bonds is 2. The fourth-order valence-electron chi connectivity index (χ4n) is 1.69. The van der Waals surface area contributed by atoms with Gasteiger partial charge in [-0.05, 0) is 47.9 Å². The van der Waals surface area contributed by atoms with Crippen molar-refractivity contribution < 1.29 is 4.79 Å². The molecule has 2 aromatic carbocycles. The first-order valence-corrected chi connectivity index (χ1v) is 5.39. The highest BCUT2D eigenvalue weighted by Gasteiger charge is 2.01. The lowest BCUT2D eigenvalue weighted by molar-refractivity contribution is 0.112. The number of carbonyl (C=O) groups is 1. The summed E-state index contributed by atoms with van der Waals surface area (Å²) in [6, 6.07) is 13.4. The van der Waals surface area contributed by atoms with E-state index in [-0.39, 0.29) is 0 Å². The lowest BCUT2D eigenvalue weighted by Crippen LogP contribution is -1.85. The Balaban J connectivity index is 2.51. The van der Waals surface area contributed by atoms with Crippen LogP contribution in [0.2, 0.25) is 5.02 Å². The van der Waals surface area contributed by atoms with Crippen molar-refractivity contribution >= 4 is 17.9 Å². The molecule has 0 fully saturated rings. The third kappa shape index (κ3) is 2.31. The number of halogens is 1. The Hall–Kier alpha value is -1.60. The molecule has 0 N–H and O–H groups in total. The van der Waals surface area contributed by atoms with Crippen molar-refractivity contribution in [1.29, 1.82) is 0 Å². The van der Waals surface area contributed by atoms with Crippen molar-refractivity contribution in [2.24, 2.45) is 0 Å². The second-order valence-electron chi connectivity index (χ2n) is 3.76. The largest absolute Gasteiger partial charge is 0.298 e. The third-order valence-electron chi connectivity index (χ3n) is 2.41. The molecule has 1 nitrogen and oxygen atoms in total. The predicted octanol–water partition coefficient (Wildman–Crippen LogP) is 4.13. The summed E-state index contributed by atoms with van der Waals surface area (Å²) in [6.45, 7) is 1.98. The summed E-state index contributed by atoms with van der Waals surface area (Å²) in [6.07, 6.45) is 0.867. The molecule has 0 spiro atoms. The minimum atomic E-state index is 0.699. The molecule has 2 rings (SSSR count). The predicted molar refractivity (Wildman–Crippen MR) is 67.0 cm³/mol. The van der Waals surface area contributed by atoms with Crippen LogP contribution in [0.3, 0.4) is 0 Å². The standard InChI is InChI=1S/C14H11ClO/c1-10-6-11(9-16)8-13(7-10)12-2-4-14(15)5-3-12/h2-9H,1H3. The van der Waals surface area contributed by atoms with Gasteiger partial charge >= 0.3 is 0 Å². The van der Waals surface area contributed by atoms with Gasteiger partial charge in [-0.3, -0.25) is 4.79 Å². The van der Waals surface area contributed by atoms with E-state index in [9.17, 15) is 4.79 Å². The molecule has 0 aliphatic carbocycles. The molecule has 2 heteroatoms. The van der Waals surface area contributed by atoms with Crippen LogP contribution in [0.4, 0.5) is 0 Å². The van der Waals surface area contributed by atoms with E-state index in [2.05, 4.69) is 6.07 Å². The summed E-state index contributed by atoms with van der Waals surface area (Å²) < 4.78 is 0. The Morgan fingerprint density at radius 2 is 1.69 bits per heavy atom. The fraction of sp³-hybridized carbons (Fsp3) is 0.0714. The van der Waals surface area contributed by atoms with E-state index in [0.29, 0.717) is 10.6 Å². The van der Waals surface area contributed by atoms with Crippen LogP contribution >= 0.6 is 11.6 Å². The third-order valence-corrected chi connectivity index (χ3v) is 2.67. The molecule has 0 heterocycles. The summed E-state index contributed by atoms with van der Waals surface area (Å²) in [5, 5.41) is 0.715. The van der Waals surface area contributed by atoms with Crippen molar-refractivity contribution in [2.75, 3.05) is 0 Å². The van der Waals surface area contributed by atoms with E-state index < -0.39 is 0 Å². The lowest BCUT2D eigenvalue weighted by Gasteiger charge is -2.04. The van der Waals surface area contributed by atoms with Crippen molar-refractivity contribution in [3.8, 4) is 11.1 Å². The summed E-state index contributed by atoms with van der Waals surface area (Å²) in [7, 11) is 0. The van der Waals surface area contributed by atoms with E-state index in [1.54, 1.807) is 0 Å². The zero-order chi connectivity index (χ0) is 11.5.